The van der Waals surface area contributed by atoms with E-state index in [1.54, 1.807) is 0 Å². The minimum atomic E-state index is -3.64. The molecule has 1 aliphatic carbocycles. The lowest BCUT2D eigenvalue weighted by molar-refractivity contribution is -0.121. The van der Waals surface area contributed by atoms with Gasteiger partial charge in [0.2, 0.25) is 15.9 Å². The number of carbonyl (C=O) groups is 1. The Balaban J connectivity index is 1.72. The van der Waals surface area contributed by atoms with Gasteiger partial charge >= 0.3 is 0 Å². The number of amides is 1. The second-order valence-electron chi connectivity index (χ2n) is 5.34. The fraction of sp³-hybridized carbons (Fsp3) is 0.500. The number of hydrogen-bond acceptors (Lipinski definition) is 3. The average molecular weight is 314 g/mol. The van der Waals surface area contributed by atoms with Crippen molar-refractivity contribution in [2.45, 2.75) is 37.1 Å². The molecule has 1 amide bonds. The predicted octanol–water partition coefficient (Wildman–Crippen LogP) is 1.41. The number of benzene rings is 1. The zero-order chi connectivity index (χ0) is 15.5. The summed E-state index contributed by atoms with van der Waals surface area (Å²) in [6, 6.07) is 4.89. The van der Waals surface area contributed by atoms with E-state index < -0.39 is 15.8 Å². The second-order valence-corrected chi connectivity index (χ2v) is 7.11. The summed E-state index contributed by atoms with van der Waals surface area (Å²) in [5.74, 6) is 0.0104. The van der Waals surface area contributed by atoms with Crippen LogP contribution in [0.3, 0.4) is 0 Å². The van der Waals surface area contributed by atoms with Gasteiger partial charge < -0.3 is 5.32 Å². The van der Waals surface area contributed by atoms with Crippen LogP contribution in [0.4, 0.5) is 4.39 Å². The van der Waals surface area contributed by atoms with Crippen molar-refractivity contribution < 1.29 is 17.6 Å². The Labute approximate surface area is 124 Å². The summed E-state index contributed by atoms with van der Waals surface area (Å²) in [5, 5.41) is 2.88. The first-order valence-corrected chi connectivity index (χ1v) is 8.41. The van der Waals surface area contributed by atoms with E-state index >= 15 is 0 Å². The van der Waals surface area contributed by atoms with Gasteiger partial charge in [0.1, 0.15) is 5.82 Å². The minimum Gasteiger partial charge on any atom is -0.353 e. The maximum absolute atomic E-state index is 12.7. The number of nitrogens with one attached hydrogen (secondary N) is 2. The Bertz CT molecular complexity index is 601. The summed E-state index contributed by atoms with van der Waals surface area (Å²) in [6.07, 6.45) is 1.73. The molecule has 0 aliphatic heterocycles. The highest BCUT2D eigenvalue weighted by atomic mass is 32.2. The first kappa shape index (κ1) is 15.9. The lowest BCUT2D eigenvalue weighted by atomic mass is 10.3. The van der Waals surface area contributed by atoms with E-state index in [-0.39, 0.29) is 29.8 Å². The molecule has 1 aromatic carbocycles. The topological polar surface area (TPSA) is 75.3 Å². The molecule has 0 spiro atoms. The van der Waals surface area contributed by atoms with Crippen molar-refractivity contribution in [2.75, 3.05) is 6.54 Å². The van der Waals surface area contributed by atoms with Gasteiger partial charge in [-0.05, 0) is 43.0 Å². The molecule has 2 unspecified atom stereocenters. The van der Waals surface area contributed by atoms with E-state index in [1.165, 1.54) is 12.1 Å². The van der Waals surface area contributed by atoms with E-state index in [1.807, 2.05) is 0 Å². The highest BCUT2D eigenvalue weighted by molar-refractivity contribution is 7.89. The molecule has 5 nitrogen and oxygen atoms in total. The van der Waals surface area contributed by atoms with Crippen LogP contribution in [0.2, 0.25) is 0 Å². The van der Waals surface area contributed by atoms with Gasteiger partial charge in [-0.15, -0.1) is 0 Å². The van der Waals surface area contributed by atoms with Gasteiger partial charge in [-0.25, -0.2) is 17.5 Å². The SMILES string of the molecule is CC1CC1NC(=O)CCCNS(=O)(=O)c1ccc(F)cc1. The van der Waals surface area contributed by atoms with Crippen molar-refractivity contribution in [3.63, 3.8) is 0 Å². The van der Waals surface area contributed by atoms with Crippen LogP contribution in [0, 0.1) is 11.7 Å². The molecule has 0 aromatic heterocycles. The molecule has 7 heteroatoms. The summed E-state index contributed by atoms with van der Waals surface area (Å²) in [6.45, 7) is 2.25. The van der Waals surface area contributed by atoms with Gasteiger partial charge in [-0.3, -0.25) is 4.79 Å². The third-order valence-corrected chi connectivity index (χ3v) is 4.93. The van der Waals surface area contributed by atoms with E-state index in [2.05, 4.69) is 17.0 Å². The fourth-order valence-corrected chi connectivity index (χ4v) is 3.03. The zero-order valence-corrected chi connectivity index (χ0v) is 12.6. The monoisotopic (exact) mass is 314 g/mol. The van der Waals surface area contributed by atoms with Gasteiger partial charge in [0, 0.05) is 19.0 Å². The summed E-state index contributed by atoms with van der Waals surface area (Å²) in [5.41, 5.74) is 0. The molecule has 21 heavy (non-hydrogen) atoms. The molecule has 1 aromatic rings. The van der Waals surface area contributed by atoms with E-state index in [9.17, 15) is 17.6 Å². The smallest absolute Gasteiger partial charge is 0.240 e. The molecule has 2 rings (SSSR count). The maximum Gasteiger partial charge on any atom is 0.240 e. The number of carbonyl (C=O) groups excluding carboxylic acids is 1. The molecule has 116 valence electrons. The van der Waals surface area contributed by atoms with Crippen molar-refractivity contribution in [3.05, 3.63) is 30.1 Å². The summed E-state index contributed by atoms with van der Waals surface area (Å²) in [4.78, 5) is 11.6. The summed E-state index contributed by atoms with van der Waals surface area (Å²) < 4.78 is 38.9. The van der Waals surface area contributed by atoms with Gasteiger partial charge in [0.15, 0.2) is 0 Å². The Kier molecular flexibility index (Phi) is 4.95. The molecular formula is C14H19FN2O3S. The molecule has 0 heterocycles. The highest BCUT2D eigenvalue weighted by Gasteiger charge is 2.33. The molecule has 2 N–H and O–H groups in total. The van der Waals surface area contributed by atoms with Gasteiger partial charge in [0.25, 0.3) is 0 Å². The molecule has 1 fully saturated rings. The number of sulfonamides is 1. The van der Waals surface area contributed by atoms with E-state index in [4.69, 9.17) is 0 Å². The van der Waals surface area contributed by atoms with Crippen LogP contribution in [-0.2, 0) is 14.8 Å². The summed E-state index contributed by atoms with van der Waals surface area (Å²) >= 11 is 0. The molecule has 0 bridgehead atoms. The van der Waals surface area contributed by atoms with Crippen LogP contribution in [0.5, 0.6) is 0 Å². The highest BCUT2D eigenvalue weighted by Crippen LogP contribution is 2.28. The third kappa shape index (κ3) is 4.78. The quantitative estimate of drug-likeness (QED) is 0.747. The predicted molar refractivity (Wildman–Crippen MR) is 76.5 cm³/mol. The molecule has 1 aliphatic rings. The van der Waals surface area contributed by atoms with Crippen molar-refractivity contribution in [1.82, 2.24) is 10.0 Å². The minimum absolute atomic E-state index is 0.0140. The van der Waals surface area contributed by atoms with Crippen LogP contribution in [0.25, 0.3) is 0 Å². The standard InChI is InChI=1S/C14H19FN2O3S/c1-10-9-13(10)17-14(18)3-2-8-16-21(19,20)12-6-4-11(15)5-7-12/h4-7,10,13,16H,2-3,8-9H2,1H3,(H,17,18). The number of hydrogen-bond donors (Lipinski definition) is 2. The summed E-state index contributed by atoms with van der Waals surface area (Å²) in [7, 11) is -3.64. The van der Waals surface area contributed by atoms with Crippen LogP contribution in [0.1, 0.15) is 26.2 Å². The third-order valence-electron chi connectivity index (χ3n) is 3.45. The average Bonchev–Trinajstić information content (AvgIpc) is 3.10. The Morgan fingerprint density at radius 2 is 1.95 bits per heavy atom. The second kappa shape index (κ2) is 6.53. The van der Waals surface area contributed by atoms with E-state index in [0.29, 0.717) is 12.3 Å². The van der Waals surface area contributed by atoms with Crippen molar-refractivity contribution >= 4 is 15.9 Å². The van der Waals surface area contributed by atoms with Crippen molar-refractivity contribution in [2.24, 2.45) is 5.92 Å². The van der Waals surface area contributed by atoms with Crippen LogP contribution < -0.4 is 10.0 Å². The van der Waals surface area contributed by atoms with Crippen molar-refractivity contribution in [3.8, 4) is 0 Å². The molecule has 2 atom stereocenters. The fourth-order valence-electron chi connectivity index (χ4n) is 1.95. The molecule has 1 saturated carbocycles. The lowest BCUT2D eigenvalue weighted by Crippen LogP contribution is -2.29. The van der Waals surface area contributed by atoms with Gasteiger partial charge in [0.05, 0.1) is 4.90 Å². The molecular weight excluding hydrogens is 295 g/mol. The normalized spacial score (nSPS) is 21.0. The molecule has 0 radical (unpaired) electrons. The van der Waals surface area contributed by atoms with E-state index in [0.717, 1.165) is 18.6 Å². The zero-order valence-electron chi connectivity index (χ0n) is 11.8. The number of halogens is 1. The maximum atomic E-state index is 12.7. The van der Waals surface area contributed by atoms with Gasteiger partial charge in [-0.2, -0.15) is 0 Å². The van der Waals surface area contributed by atoms with Crippen molar-refractivity contribution in [1.29, 1.82) is 0 Å². The molecule has 0 saturated heterocycles. The van der Waals surface area contributed by atoms with Crippen LogP contribution in [0.15, 0.2) is 29.2 Å². The first-order chi connectivity index (χ1) is 9.88. The number of rotatable bonds is 7. The Morgan fingerprint density at radius 3 is 2.52 bits per heavy atom. The van der Waals surface area contributed by atoms with Crippen LogP contribution in [-0.4, -0.2) is 26.9 Å². The van der Waals surface area contributed by atoms with Crippen LogP contribution >= 0.6 is 0 Å². The lowest BCUT2D eigenvalue weighted by Gasteiger charge is -2.07. The largest absolute Gasteiger partial charge is 0.353 e. The first-order valence-electron chi connectivity index (χ1n) is 6.93. The Morgan fingerprint density at radius 1 is 1.33 bits per heavy atom. The Hall–Kier alpha value is -1.47. The van der Waals surface area contributed by atoms with Gasteiger partial charge in [-0.1, -0.05) is 6.92 Å².